The van der Waals surface area contributed by atoms with Gasteiger partial charge in [-0.15, -0.1) is 5.10 Å². The van der Waals surface area contributed by atoms with Crippen LogP contribution in [-0.2, 0) is 15.9 Å². The Balaban J connectivity index is 1.77. The second-order valence-electron chi connectivity index (χ2n) is 7.49. The SMILES string of the molecule is CC(=C(F)B1OC(C)(C)C(C)(C)O1)c1cn(Cc2ccc(F)cc2)nn1. The van der Waals surface area contributed by atoms with E-state index in [1.807, 2.05) is 27.7 Å². The summed E-state index contributed by atoms with van der Waals surface area (Å²) in [7, 11) is -1.07. The standard InChI is InChI=1S/C18H22BF2N3O2/c1-12(16(21)19-25-17(2,3)18(4,5)26-19)15-11-24(23-22-15)10-13-6-8-14(20)9-7-13/h6-9,11H,10H2,1-5H3. The van der Waals surface area contributed by atoms with Crippen LogP contribution in [0.25, 0.3) is 5.57 Å². The molecule has 2 heterocycles. The van der Waals surface area contributed by atoms with E-state index in [4.69, 9.17) is 9.31 Å². The molecule has 0 saturated carbocycles. The minimum absolute atomic E-state index is 0.295. The molecule has 2 aromatic rings. The normalized spacial score (nSPS) is 19.6. The summed E-state index contributed by atoms with van der Waals surface area (Å²) in [5.74, 6) is -0.295. The molecule has 3 rings (SSSR count). The van der Waals surface area contributed by atoms with Crippen LogP contribution in [0, 0.1) is 5.82 Å². The van der Waals surface area contributed by atoms with Gasteiger partial charge in [-0.2, -0.15) is 0 Å². The summed E-state index contributed by atoms with van der Waals surface area (Å²) < 4.78 is 40.9. The lowest BCUT2D eigenvalue weighted by molar-refractivity contribution is 0.00578. The van der Waals surface area contributed by atoms with E-state index in [9.17, 15) is 8.78 Å². The molecule has 1 aromatic carbocycles. The van der Waals surface area contributed by atoms with Crippen LogP contribution in [0.1, 0.15) is 45.9 Å². The summed E-state index contributed by atoms with van der Waals surface area (Å²) >= 11 is 0. The van der Waals surface area contributed by atoms with Crippen molar-refractivity contribution in [3.63, 3.8) is 0 Å². The summed E-state index contributed by atoms with van der Waals surface area (Å²) in [6.45, 7) is 9.51. The third-order valence-corrected chi connectivity index (χ3v) is 5.00. The Morgan fingerprint density at radius 2 is 1.69 bits per heavy atom. The molecule has 0 amide bonds. The fraction of sp³-hybridized carbons (Fsp3) is 0.444. The third-order valence-electron chi connectivity index (χ3n) is 5.00. The predicted octanol–water partition coefficient (Wildman–Crippen LogP) is 3.80. The van der Waals surface area contributed by atoms with E-state index in [1.54, 1.807) is 29.9 Å². The molecule has 1 fully saturated rings. The van der Waals surface area contributed by atoms with Crippen molar-refractivity contribution >= 4 is 12.7 Å². The number of nitrogens with zero attached hydrogens (tertiary/aromatic N) is 3. The number of rotatable bonds is 4. The zero-order chi connectivity index (χ0) is 19.1. The molecule has 26 heavy (non-hydrogen) atoms. The van der Waals surface area contributed by atoms with Gasteiger partial charge in [-0.05, 0) is 52.3 Å². The van der Waals surface area contributed by atoms with Gasteiger partial charge in [0.05, 0.1) is 23.9 Å². The minimum Gasteiger partial charge on any atom is -0.398 e. The van der Waals surface area contributed by atoms with Gasteiger partial charge in [0.25, 0.3) is 0 Å². The lowest BCUT2D eigenvalue weighted by Gasteiger charge is -2.32. The van der Waals surface area contributed by atoms with Gasteiger partial charge in [-0.3, -0.25) is 0 Å². The monoisotopic (exact) mass is 361 g/mol. The highest BCUT2D eigenvalue weighted by Crippen LogP contribution is 2.39. The van der Waals surface area contributed by atoms with E-state index in [-0.39, 0.29) is 5.82 Å². The van der Waals surface area contributed by atoms with Crippen LogP contribution in [0.2, 0.25) is 0 Å². The molecule has 5 nitrogen and oxygen atoms in total. The fourth-order valence-corrected chi connectivity index (χ4v) is 2.57. The van der Waals surface area contributed by atoms with E-state index in [0.717, 1.165) is 5.56 Å². The van der Waals surface area contributed by atoms with Crippen LogP contribution in [0.3, 0.4) is 0 Å². The fourth-order valence-electron chi connectivity index (χ4n) is 2.57. The topological polar surface area (TPSA) is 49.2 Å². The van der Waals surface area contributed by atoms with Crippen molar-refractivity contribution in [2.24, 2.45) is 0 Å². The minimum atomic E-state index is -1.07. The third kappa shape index (κ3) is 3.57. The van der Waals surface area contributed by atoms with Gasteiger partial charge in [0.1, 0.15) is 17.2 Å². The van der Waals surface area contributed by atoms with Crippen molar-refractivity contribution in [3.05, 3.63) is 53.3 Å². The number of benzene rings is 1. The number of halogens is 2. The lowest BCUT2D eigenvalue weighted by Crippen LogP contribution is -2.41. The highest BCUT2D eigenvalue weighted by Gasteiger charge is 2.53. The second kappa shape index (κ2) is 6.59. The van der Waals surface area contributed by atoms with Crippen molar-refractivity contribution in [1.82, 2.24) is 15.0 Å². The first-order valence-electron chi connectivity index (χ1n) is 8.46. The summed E-state index contributed by atoms with van der Waals surface area (Å²) in [6.07, 6.45) is 1.64. The van der Waals surface area contributed by atoms with Crippen LogP contribution >= 0.6 is 0 Å². The van der Waals surface area contributed by atoms with Crippen LogP contribution in [-0.4, -0.2) is 33.3 Å². The molecule has 1 saturated heterocycles. The molecule has 0 spiro atoms. The van der Waals surface area contributed by atoms with Gasteiger partial charge in [-0.1, -0.05) is 17.3 Å². The Bertz CT molecular complexity index is 815. The van der Waals surface area contributed by atoms with Gasteiger partial charge >= 0.3 is 7.12 Å². The first kappa shape index (κ1) is 18.7. The van der Waals surface area contributed by atoms with Gasteiger partial charge in [-0.25, -0.2) is 13.5 Å². The molecule has 1 aromatic heterocycles. The summed E-state index contributed by atoms with van der Waals surface area (Å²) in [5.41, 5.74) is -0.160. The first-order valence-corrected chi connectivity index (χ1v) is 8.46. The van der Waals surface area contributed by atoms with Gasteiger partial charge in [0.2, 0.25) is 0 Å². The van der Waals surface area contributed by atoms with Crippen molar-refractivity contribution in [2.45, 2.75) is 52.4 Å². The molecule has 8 heteroatoms. The van der Waals surface area contributed by atoms with E-state index in [2.05, 4.69) is 10.3 Å². The Morgan fingerprint density at radius 1 is 1.12 bits per heavy atom. The first-order chi connectivity index (χ1) is 12.1. The zero-order valence-corrected chi connectivity index (χ0v) is 15.6. The van der Waals surface area contributed by atoms with Crippen molar-refractivity contribution in [1.29, 1.82) is 0 Å². The Labute approximate surface area is 152 Å². The van der Waals surface area contributed by atoms with E-state index < -0.39 is 24.0 Å². The molecule has 138 valence electrons. The summed E-state index contributed by atoms with van der Waals surface area (Å²) in [5, 5.41) is 8.04. The molecule has 0 unspecified atom stereocenters. The number of hydrogen-bond acceptors (Lipinski definition) is 4. The summed E-state index contributed by atoms with van der Waals surface area (Å²) in [6, 6.07) is 6.11. The number of allylic oxidation sites excluding steroid dienone is 1. The van der Waals surface area contributed by atoms with E-state index >= 15 is 0 Å². The van der Waals surface area contributed by atoms with Crippen LogP contribution < -0.4 is 0 Å². The van der Waals surface area contributed by atoms with Crippen molar-refractivity contribution in [3.8, 4) is 0 Å². The molecule has 0 aliphatic carbocycles. The van der Waals surface area contributed by atoms with Crippen LogP contribution in [0.4, 0.5) is 8.78 Å². The number of hydrogen-bond donors (Lipinski definition) is 0. The smallest absolute Gasteiger partial charge is 0.398 e. The van der Waals surface area contributed by atoms with Gasteiger partial charge in [0.15, 0.2) is 0 Å². The molecular formula is C18H22BF2N3O2. The molecule has 1 aliphatic rings. The van der Waals surface area contributed by atoms with Gasteiger partial charge < -0.3 is 9.31 Å². The Hall–Kier alpha value is -2.06. The Morgan fingerprint density at radius 3 is 2.27 bits per heavy atom. The van der Waals surface area contributed by atoms with E-state index in [1.165, 1.54) is 12.1 Å². The van der Waals surface area contributed by atoms with Crippen molar-refractivity contribution in [2.75, 3.05) is 0 Å². The highest BCUT2D eigenvalue weighted by atomic mass is 19.1. The second-order valence-corrected chi connectivity index (χ2v) is 7.49. The molecule has 0 atom stereocenters. The number of aromatic nitrogens is 3. The molecule has 0 radical (unpaired) electrons. The quantitative estimate of drug-likeness (QED) is 0.778. The molecule has 1 aliphatic heterocycles. The maximum Gasteiger partial charge on any atom is 0.525 e. The molecular weight excluding hydrogens is 339 g/mol. The molecule has 0 bridgehead atoms. The predicted molar refractivity (Wildman–Crippen MR) is 95.3 cm³/mol. The maximum atomic E-state index is 14.9. The van der Waals surface area contributed by atoms with Crippen LogP contribution in [0.5, 0.6) is 0 Å². The summed E-state index contributed by atoms with van der Waals surface area (Å²) in [4.78, 5) is 0. The van der Waals surface area contributed by atoms with Crippen LogP contribution in [0.15, 0.2) is 36.2 Å². The highest BCUT2D eigenvalue weighted by molar-refractivity contribution is 6.55. The average molecular weight is 361 g/mol. The lowest BCUT2D eigenvalue weighted by atomic mass is 9.84. The van der Waals surface area contributed by atoms with E-state index in [0.29, 0.717) is 17.8 Å². The zero-order valence-electron chi connectivity index (χ0n) is 15.6. The molecule has 0 N–H and O–H groups in total. The maximum absolute atomic E-state index is 14.9. The van der Waals surface area contributed by atoms with Crippen molar-refractivity contribution < 1.29 is 18.1 Å². The Kier molecular flexibility index (Phi) is 4.75. The average Bonchev–Trinajstić information content (AvgIpc) is 3.10. The van der Waals surface area contributed by atoms with Gasteiger partial charge in [0, 0.05) is 5.57 Å². The largest absolute Gasteiger partial charge is 0.525 e.